The van der Waals surface area contributed by atoms with Gasteiger partial charge in [-0.05, 0) is 48.0 Å². The van der Waals surface area contributed by atoms with E-state index < -0.39 is 5.91 Å². The molecule has 30 heavy (non-hydrogen) atoms. The molecule has 1 heterocycles. The van der Waals surface area contributed by atoms with Crippen LogP contribution in [0.4, 0.5) is 15.8 Å². The van der Waals surface area contributed by atoms with Crippen LogP contribution in [0.5, 0.6) is 11.5 Å². The van der Waals surface area contributed by atoms with Crippen molar-refractivity contribution in [3.63, 3.8) is 0 Å². The first-order valence-electron chi connectivity index (χ1n) is 9.13. The van der Waals surface area contributed by atoms with Crippen molar-refractivity contribution in [3.05, 3.63) is 89.8 Å². The number of carbonyl (C=O) groups is 2. The Hall–Kier alpha value is -4.13. The zero-order chi connectivity index (χ0) is 20.9. The van der Waals surface area contributed by atoms with Crippen LogP contribution in [0.25, 0.3) is 6.08 Å². The Labute approximate surface area is 171 Å². The first kappa shape index (κ1) is 19.2. The van der Waals surface area contributed by atoms with Crippen molar-refractivity contribution >= 4 is 29.3 Å². The number of carbonyl (C=O) groups excluding carboxylic acids is 2. The van der Waals surface area contributed by atoms with Crippen molar-refractivity contribution in [2.75, 3.05) is 17.4 Å². The molecule has 0 bridgehead atoms. The Morgan fingerprint density at radius 2 is 1.67 bits per heavy atom. The van der Waals surface area contributed by atoms with Crippen LogP contribution in [0.3, 0.4) is 0 Å². The zero-order valence-corrected chi connectivity index (χ0v) is 15.7. The first-order chi connectivity index (χ1) is 14.6. The van der Waals surface area contributed by atoms with Gasteiger partial charge in [-0.25, -0.2) is 4.39 Å². The maximum absolute atomic E-state index is 13.0. The number of halogens is 1. The number of hydrogen-bond acceptors (Lipinski definition) is 4. The molecule has 3 aromatic carbocycles. The van der Waals surface area contributed by atoms with Crippen LogP contribution >= 0.6 is 0 Å². The lowest BCUT2D eigenvalue weighted by Crippen LogP contribution is -2.17. The number of fused-ring (bicyclic) bond motifs is 1. The van der Waals surface area contributed by atoms with Crippen molar-refractivity contribution in [1.82, 2.24) is 0 Å². The van der Waals surface area contributed by atoms with E-state index in [4.69, 9.17) is 9.47 Å². The predicted octanol–water partition coefficient (Wildman–Crippen LogP) is 4.46. The summed E-state index contributed by atoms with van der Waals surface area (Å²) in [6.45, 7) is 0.146. The highest BCUT2D eigenvalue weighted by atomic mass is 19.1. The van der Waals surface area contributed by atoms with Gasteiger partial charge in [0, 0.05) is 17.8 Å². The Balaban J connectivity index is 1.45. The van der Waals surface area contributed by atoms with Gasteiger partial charge in [-0.1, -0.05) is 24.3 Å². The Morgan fingerprint density at radius 1 is 0.900 bits per heavy atom. The Morgan fingerprint density at radius 3 is 2.50 bits per heavy atom. The molecular formula is C23H17FN2O4. The molecule has 150 valence electrons. The van der Waals surface area contributed by atoms with Crippen LogP contribution in [0.15, 0.2) is 72.8 Å². The SMILES string of the molecule is O=C(/C=C/c1ccc(F)cc1)Nc1ccccc1C(=O)Nc1ccc2c(c1)OCO2. The summed E-state index contributed by atoms with van der Waals surface area (Å²) in [4.78, 5) is 25.0. The molecule has 0 unspecified atom stereocenters. The summed E-state index contributed by atoms with van der Waals surface area (Å²) < 4.78 is 23.5. The molecule has 3 aromatic rings. The minimum Gasteiger partial charge on any atom is -0.454 e. The van der Waals surface area contributed by atoms with Gasteiger partial charge in [-0.2, -0.15) is 0 Å². The number of benzene rings is 3. The van der Waals surface area contributed by atoms with Gasteiger partial charge in [0.25, 0.3) is 5.91 Å². The fourth-order valence-electron chi connectivity index (χ4n) is 2.88. The molecule has 0 aliphatic carbocycles. The second kappa shape index (κ2) is 8.48. The number of ether oxygens (including phenoxy) is 2. The van der Waals surface area contributed by atoms with Gasteiger partial charge in [0.05, 0.1) is 11.3 Å². The van der Waals surface area contributed by atoms with E-state index in [-0.39, 0.29) is 18.5 Å². The molecule has 7 heteroatoms. The summed E-state index contributed by atoms with van der Waals surface area (Å²) in [5.41, 5.74) is 1.89. The van der Waals surface area contributed by atoms with Gasteiger partial charge >= 0.3 is 0 Å². The molecule has 1 aliphatic heterocycles. The summed E-state index contributed by atoms with van der Waals surface area (Å²) in [6, 6.07) is 17.5. The van der Waals surface area contributed by atoms with Gasteiger partial charge < -0.3 is 20.1 Å². The van der Waals surface area contributed by atoms with Crippen LogP contribution in [0.2, 0.25) is 0 Å². The van der Waals surface area contributed by atoms with Crippen LogP contribution in [0.1, 0.15) is 15.9 Å². The summed E-state index contributed by atoms with van der Waals surface area (Å²) >= 11 is 0. The van der Waals surface area contributed by atoms with E-state index in [0.717, 1.165) is 0 Å². The predicted molar refractivity (Wildman–Crippen MR) is 111 cm³/mol. The summed E-state index contributed by atoms with van der Waals surface area (Å²) in [6.07, 6.45) is 2.88. The van der Waals surface area contributed by atoms with Gasteiger partial charge in [-0.15, -0.1) is 0 Å². The van der Waals surface area contributed by atoms with Gasteiger partial charge in [-0.3, -0.25) is 9.59 Å². The molecule has 4 rings (SSSR count). The minimum atomic E-state index is -0.414. The highest BCUT2D eigenvalue weighted by Crippen LogP contribution is 2.34. The van der Waals surface area contributed by atoms with E-state index >= 15 is 0 Å². The quantitative estimate of drug-likeness (QED) is 0.616. The molecule has 0 spiro atoms. The molecule has 2 amide bonds. The van der Waals surface area contributed by atoms with E-state index in [2.05, 4.69) is 10.6 Å². The van der Waals surface area contributed by atoms with Crippen molar-refractivity contribution in [3.8, 4) is 11.5 Å². The minimum absolute atomic E-state index is 0.146. The third-order valence-electron chi connectivity index (χ3n) is 4.36. The molecule has 0 saturated carbocycles. The second-order valence-corrected chi connectivity index (χ2v) is 6.44. The van der Waals surface area contributed by atoms with Crippen molar-refractivity contribution in [2.45, 2.75) is 0 Å². The van der Waals surface area contributed by atoms with Crippen molar-refractivity contribution < 1.29 is 23.5 Å². The monoisotopic (exact) mass is 404 g/mol. The lowest BCUT2D eigenvalue weighted by atomic mass is 10.1. The maximum Gasteiger partial charge on any atom is 0.257 e. The van der Waals surface area contributed by atoms with Gasteiger partial charge in [0.15, 0.2) is 11.5 Å². The second-order valence-electron chi connectivity index (χ2n) is 6.44. The van der Waals surface area contributed by atoms with Crippen LogP contribution in [0, 0.1) is 5.82 Å². The molecule has 0 aromatic heterocycles. The summed E-state index contributed by atoms with van der Waals surface area (Å²) in [5.74, 6) is 0.0304. The smallest absolute Gasteiger partial charge is 0.257 e. The average molecular weight is 404 g/mol. The average Bonchev–Trinajstić information content (AvgIpc) is 3.21. The van der Waals surface area contributed by atoms with Crippen LogP contribution in [-0.2, 0) is 4.79 Å². The normalized spacial score (nSPS) is 12.0. The third-order valence-corrected chi connectivity index (χ3v) is 4.36. The van der Waals surface area contributed by atoms with Crippen LogP contribution in [-0.4, -0.2) is 18.6 Å². The fraction of sp³-hybridized carbons (Fsp3) is 0.0435. The number of hydrogen-bond donors (Lipinski definition) is 2. The van der Waals surface area contributed by atoms with E-state index in [1.807, 2.05) is 0 Å². The largest absolute Gasteiger partial charge is 0.454 e. The molecule has 0 radical (unpaired) electrons. The van der Waals surface area contributed by atoms with Crippen molar-refractivity contribution in [2.24, 2.45) is 0 Å². The zero-order valence-electron chi connectivity index (χ0n) is 15.7. The highest BCUT2D eigenvalue weighted by molar-refractivity contribution is 6.11. The number of nitrogens with one attached hydrogen (secondary N) is 2. The molecule has 0 atom stereocenters. The molecule has 6 nitrogen and oxygen atoms in total. The van der Waals surface area contributed by atoms with Gasteiger partial charge in [0.2, 0.25) is 12.7 Å². The third kappa shape index (κ3) is 4.47. The maximum atomic E-state index is 13.0. The summed E-state index contributed by atoms with van der Waals surface area (Å²) in [5, 5.41) is 5.48. The lowest BCUT2D eigenvalue weighted by Gasteiger charge is -2.11. The molecule has 1 aliphatic rings. The molecular weight excluding hydrogens is 387 g/mol. The van der Waals surface area contributed by atoms with Gasteiger partial charge in [0.1, 0.15) is 5.82 Å². The number of para-hydroxylation sites is 1. The topological polar surface area (TPSA) is 76.7 Å². The first-order valence-corrected chi connectivity index (χ1v) is 9.13. The number of anilines is 2. The number of rotatable bonds is 5. The van der Waals surface area contributed by atoms with E-state index in [1.54, 1.807) is 60.7 Å². The highest BCUT2D eigenvalue weighted by Gasteiger charge is 2.16. The number of amides is 2. The standard InChI is InChI=1S/C23H17FN2O4/c24-16-8-5-15(6-9-16)7-12-22(27)26-19-4-2-1-3-18(19)23(28)25-17-10-11-20-21(13-17)30-14-29-20/h1-13H,14H2,(H,25,28)(H,26,27)/b12-7+. The lowest BCUT2D eigenvalue weighted by molar-refractivity contribution is -0.111. The summed E-state index contributed by atoms with van der Waals surface area (Å²) in [7, 11) is 0. The Kier molecular flexibility index (Phi) is 5.43. The van der Waals surface area contributed by atoms with E-state index in [9.17, 15) is 14.0 Å². The molecule has 0 saturated heterocycles. The molecule has 2 N–H and O–H groups in total. The van der Waals surface area contributed by atoms with Crippen molar-refractivity contribution in [1.29, 1.82) is 0 Å². The fourth-order valence-corrected chi connectivity index (χ4v) is 2.88. The van der Waals surface area contributed by atoms with E-state index in [1.165, 1.54) is 18.2 Å². The van der Waals surface area contributed by atoms with E-state index in [0.29, 0.717) is 34.0 Å². The Bertz CT molecular complexity index is 1130. The van der Waals surface area contributed by atoms with Crippen LogP contribution < -0.4 is 20.1 Å². The molecule has 0 fully saturated rings.